The van der Waals surface area contributed by atoms with Gasteiger partial charge in [-0.2, -0.15) is 0 Å². The van der Waals surface area contributed by atoms with Gasteiger partial charge in [-0.15, -0.1) is 24.0 Å². The molecular formula is C14H31IN4O2S. The van der Waals surface area contributed by atoms with Gasteiger partial charge in [-0.1, -0.05) is 13.8 Å². The van der Waals surface area contributed by atoms with Gasteiger partial charge in [0.2, 0.25) is 0 Å². The maximum absolute atomic E-state index is 11.4. The molecule has 132 valence electrons. The number of guanidine groups is 1. The fraction of sp³-hybridized carbons (Fsp3) is 0.929. The first-order valence-corrected chi connectivity index (χ1v) is 9.72. The van der Waals surface area contributed by atoms with Crippen LogP contribution in [0.4, 0.5) is 0 Å². The van der Waals surface area contributed by atoms with Gasteiger partial charge in [-0.25, -0.2) is 8.42 Å². The minimum atomic E-state index is -2.84. The molecule has 1 fully saturated rings. The highest BCUT2D eigenvalue weighted by Crippen LogP contribution is 2.10. The van der Waals surface area contributed by atoms with Crippen LogP contribution in [0.5, 0.6) is 0 Å². The Morgan fingerprint density at radius 2 is 1.95 bits per heavy atom. The molecule has 22 heavy (non-hydrogen) atoms. The highest BCUT2D eigenvalue weighted by molar-refractivity contribution is 14.0. The smallest absolute Gasteiger partial charge is 0.191 e. The van der Waals surface area contributed by atoms with Crippen LogP contribution in [0.1, 0.15) is 33.1 Å². The molecule has 1 saturated heterocycles. The Balaban J connectivity index is 0.00000441. The van der Waals surface area contributed by atoms with E-state index in [1.54, 1.807) is 7.05 Å². The second-order valence-corrected chi connectivity index (χ2v) is 7.71. The Labute approximate surface area is 152 Å². The van der Waals surface area contributed by atoms with Crippen LogP contribution in [0.2, 0.25) is 0 Å². The van der Waals surface area contributed by atoms with Gasteiger partial charge < -0.3 is 15.5 Å². The summed E-state index contributed by atoms with van der Waals surface area (Å²) >= 11 is 0. The van der Waals surface area contributed by atoms with E-state index in [2.05, 4.69) is 34.4 Å². The summed E-state index contributed by atoms with van der Waals surface area (Å²) in [5.74, 6) is 1.21. The lowest BCUT2D eigenvalue weighted by atomic mass is 10.2. The first kappa shape index (κ1) is 21.9. The summed E-state index contributed by atoms with van der Waals surface area (Å²) in [6.07, 6.45) is 2.91. The molecule has 0 aliphatic carbocycles. The zero-order valence-electron chi connectivity index (χ0n) is 14.0. The number of hydrogen-bond acceptors (Lipinski definition) is 4. The van der Waals surface area contributed by atoms with E-state index < -0.39 is 9.84 Å². The van der Waals surface area contributed by atoms with E-state index in [9.17, 15) is 8.42 Å². The standard InChI is InChI=1S/C14H30N4O2S.HI/c1-4-18(5-2)10-7-6-9-16-14(15-3)17-13-8-11-21(19,20)12-13;/h13H,4-12H2,1-3H3,(H2,15,16,17);1H. The lowest BCUT2D eigenvalue weighted by Crippen LogP contribution is -2.44. The highest BCUT2D eigenvalue weighted by Gasteiger charge is 2.28. The summed E-state index contributed by atoms with van der Waals surface area (Å²) < 4.78 is 22.9. The Bertz CT molecular complexity index is 425. The Morgan fingerprint density at radius 3 is 2.45 bits per heavy atom. The maximum Gasteiger partial charge on any atom is 0.191 e. The molecule has 0 bridgehead atoms. The first-order valence-electron chi connectivity index (χ1n) is 7.90. The molecule has 8 heteroatoms. The van der Waals surface area contributed by atoms with Gasteiger partial charge in [-0.3, -0.25) is 4.99 Å². The molecule has 0 aromatic carbocycles. The van der Waals surface area contributed by atoms with E-state index in [0.717, 1.165) is 39.0 Å². The summed E-state index contributed by atoms with van der Waals surface area (Å²) in [5, 5.41) is 6.45. The molecule has 1 heterocycles. The van der Waals surface area contributed by atoms with Crippen LogP contribution in [0, 0.1) is 0 Å². The largest absolute Gasteiger partial charge is 0.356 e. The van der Waals surface area contributed by atoms with Crippen molar-refractivity contribution < 1.29 is 8.42 Å². The van der Waals surface area contributed by atoms with Crippen molar-refractivity contribution in [1.29, 1.82) is 0 Å². The van der Waals surface area contributed by atoms with Crippen LogP contribution in [-0.2, 0) is 9.84 Å². The van der Waals surface area contributed by atoms with Crippen molar-refractivity contribution in [2.24, 2.45) is 4.99 Å². The predicted molar refractivity (Wildman–Crippen MR) is 104 cm³/mol. The lowest BCUT2D eigenvalue weighted by molar-refractivity contribution is 0.297. The van der Waals surface area contributed by atoms with Crippen molar-refractivity contribution in [3.05, 3.63) is 0 Å². The molecule has 1 aliphatic rings. The summed E-state index contributed by atoms with van der Waals surface area (Å²) in [6.45, 7) is 8.56. The summed E-state index contributed by atoms with van der Waals surface area (Å²) in [4.78, 5) is 6.57. The van der Waals surface area contributed by atoms with Crippen molar-refractivity contribution in [2.45, 2.75) is 39.2 Å². The normalized spacial score (nSPS) is 20.7. The lowest BCUT2D eigenvalue weighted by Gasteiger charge is -2.18. The number of halogens is 1. The predicted octanol–water partition coefficient (Wildman–Crippen LogP) is 1.08. The van der Waals surface area contributed by atoms with Crippen molar-refractivity contribution in [2.75, 3.05) is 44.7 Å². The third kappa shape index (κ3) is 8.52. The second-order valence-electron chi connectivity index (χ2n) is 5.48. The quantitative estimate of drug-likeness (QED) is 0.253. The van der Waals surface area contributed by atoms with Crippen molar-refractivity contribution in [3.63, 3.8) is 0 Å². The average molecular weight is 446 g/mol. The number of rotatable bonds is 8. The first-order chi connectivity index (χ1) is 10.0. The molecule has 2 N–H and O–H groups in total. The third-order valence-electron chi connectivity index (χ3n) is 3.88. The van der Waals surface area contributed by atoms with Crippen LogP contribution in [0.25, 0.3) is 0 Å². The highest BCUT2D eigenvalue weighted by atomic mass is 127. The Kier molecular flexibility index (Phi) is 11.4. The maximum atomic E-state index is 11.4. The molecule has 1 aliphatic heterocycles. The van der Waals surface area contributed by atoms with Gasteiger partial charge in [0.15, 0.2) is 15.8 Å². The van der Waals surface area contributed by atoms with Gasteiger partial charge in [0.25, 0.3) is 0 Å². The van der Waals surface area contributed by atoms with Crippen molar-refractivity contribution >= 4 is 39.8 Å². The zero-order valence-corrected chi connectivity index (χ0v) is 17.1. The number of sulfone groups is 1. The minimum Gasteiger partial charge on any atom is -0.356 e. The molecule has 6 nitrogen and oxygen atoms in total. The van der Waals surface area contributed by atoms with E-state index in [1.165, 1.54) is 0 Å². The van der Waals surface area contributed by atoms with Crippen LogP contribution >= 0.6 is 24.0 Å². The third-order valence-corrected chi connectivity index (χ3v) is 5.65. The summed E-state index contributed by atoms with van der Waals surface area (Å²) in [5.41, 5.74) is 0. The molecule has 0 saturated carbocycles. The number of nitrogens with one attached hydrogen (secondary N) is 2. The van der Waals surface area contributed by atoms with Crippen LogP contribution < -0.4 is 10.6 Å². The van der Waals surface area contributed by atoms with Crippen molar-refractivity contribution in [3.8, 4) is 0 Å². The number of unbranched alkanes of at least 4 members (excludes halogenated alkanes) is 1. The van der Waals surface area contributed by atoms with Crippen molar-refractivity contribution in [1.82, 2.24) is 15.5 Å². The van der Waals surface area contributed by atoms with E-state index in [0.29, 0.717) is 12.4 Å². The molecular weight excluding hydrogens is 415 g/mol. The molecule has 0 aromatic heterocycles. The summed E-state index contributed by atoms with van der Waals surface area (Å²) in [7, 11) is -1.13. The molecule has 0 radical (unpaired) electrons. The molecule has 1 unspecified atom stereocenters. The molecule has 0 amide bonds. The fourth-order valence-electron chi connectivity index (χ4n) is 2.50. The zero-order chi connectivity index (χ0) is 15.7. The monoisotopic (exact) mass is 446 g/mol. The SMILES string of the molecule is CCN(CC)CCCCNC(=NC)NC1CCS(=O)(=O)C1.I. The number of aliphatic imine (C=N–C) groups is 1. The van der Waals surface area contributed by atoms with E-state index in [4.69, 9.17) is 0 Å². The van der Waals surface area contributed by atoms with Crippen LogP contribution in [0.15, 0.2) is 4.99 Å². The molecule has 0 spiro atoms. The van der Waals surface area contributed by atoms with E-state index >= 15 is 0 Å². The van der Waals surface area contributed by atoms with Crippen LogP contribution in [-0.4, -0.2) is 70.1 Å². The molecule has 1 rings (SSSR count). The molecule has 1 atom stereocenters. The molecule has 0 aromatic rings. The second kappa shape index (κ2) is 11.4. The van der Waals surface area contributed by atoms with Gasteiger partial charge in [-0.05, 0) is 38.9 Å². The van der Waals surface area contributed by atoms with Crippen LogP contribution in [0.3, 0.4) is 0 Å². The van der Waals surface area contributed by atoms with Gasteiger partial charge in [0.1, 0.15) is 0 Å². The average Bonchev–Trinajstić information content (AvgIpc) is 2.80. The van der Waals surface area contributed by atoms with E-state index in [1.807, 2.05) is 0 Å². The fourth-order valence-corrected chi connectivity index (χ4v) is 4.18. The Morgan fingerprint density at radius 1 is 1.27 bits per heavy atom. The topological polar surface area (TPSA) is 73.8 Å². The Hall–Kier alpha value is -0.0900. The number of nitrogens with zero attached hydrogens (tertiary/aromatic N) is 2. The van der Waals surface area contributed by atoms with Gasteiger partial charge >= 0.3 is 0 Å². The van der Waals surface area contributed by atoms with E-state index in [-0.39, 0.29) is 41.5 Å². The minimum absolute atomic E-state index is 0. The van der Waals surface area contributed by atoms with Gasteiger partial charge in [0.05, 0.1) is 11.5 Å². The number of hydrogen-bond donors (Lipinski definition) is 2. The van der Waals surface area contributed by atoms with Gasteiger partial charge in [0, 0.05) is 19.6 Å². The summed E-state index contributed by atoms with van der Waals surface area (Å²) in [6, 6.07) is -0.00289.